The molecule has 126 valence electrons. The number of carbonyl (C=O) groups is 2. The zero-order valence-corrected chi connectivity index (χ0v) is 14.3. The van der Waals surface area contributed by atoms with E-state index in [1.807, 2.05) is 43.3 Å². The lowest BCUT2D eigenvalue weighted by atomic mass is 10.1. The Labute approximate surface area is 150 Å². The molecule has 4 nitrogen and oxygen atoms in total. The number of carbonyl (C=O) groups excluding carboxylic acids is 2. The van der Waals surface area contributed by atoms with Gasteiger partial charge in [0, 0.05) is 0 Å². The van der Waals surface area contributed by atoms with Crippen LogP contribution < -0.4 is 5.32 Å². The van der Waals surface area contributed by atoms with Crippen molar-refractivity contribution in [2.24, 2.45) is 0 Å². The first-order chi connectivity index (χ1) is 12.0. The molecule has 0 fully saturated rings. The third-order valence-corrected chi connectivity index (χ3v) is 4.03. The van der Waals surface area contributed by atoms with Gasteiger partial charge in [-0.15, -0.1) is 0 Å². The number of hydrogen-bond acceptors (Lipinski definition) is 3. The Kier molecular flexibility index (Phi) is 5.00. The maximum Gasteiger partial charge on any atom is 0.338 e. The second-order valence-electron chi connectivity index (χ2n) is 5.67. The highest BCUT2D eigenvalue weighted by Crippen LogP contribution is 2.22. The Bertz CT molecular complexity index is 953. The number of nitrogens with one attached hydrogen (secondary N) is 1. The first-order valence-electron chi connectivity index (χ1n) is 7.75. The van der Waals surface area contributed by atoms with Gasteiger partial charge in [0.1, 0.15) is 0 Å². The van der Waals surface area contributed by atoms with Gasteiger partial charge in [0.25, 0.3) is 5.91 Å². The molecule has 0 unspecified atom stereocenters. The number of hydrogen-bond donors (Lipinski definition) is 1. The van der Waals surface area contributed by atoms with Crippen LogP contribution in [0.15, 0.2) is 60.7 Å². The van der Waals surface area contributed by atoms with Gasteiger partial charge in [0.2, 0.25) is 0 Å². The molecule has 0 saturated heterocycles. The highest BCUT2D eigenvalue weighted by Gasteiger charge is 2.12. The summed E-state index contributed by atoms with van der Waals surface area (Å²) in [6, 6.07) is 18.3. The van der Waals surface area contributed by atoms with E-state index < -0.39 is 11.9 Å². The highest BCUT2D eigenvalue weighted by molar-refractivity contribution is 6.33. The summed E-state index contributed by atoms with van der Waals surface area (Å²) in [5, 5.41) is 5.04. The Morgan fingerprint density at radius 2 is 1.76 bits per heavy atom. The van der Waals surface area contributed by atoms with Gasteiger partial charge in [0.15, 0.2) is 6.61 Å². The predicted molar refractivity (Wildman–Crippen MR) is 99.0 cm³/mol. The first kappa shape index (κ1) is 17.0. The Morgan fingerprint density at radius 3 is 2.52 bits per heavy atom. The largest absolute Gasteiger partial charge is 0.452 e. The van der Waals surface area contributed by atoms with Gasteiger partial charge in [-0.25, -0.2) is 4.79 Å². The van der Waals surface area contributed by atoms with Crippen molar-refractivity contribution in [2.75, 3.05) is 11.9 Å². The molecule has 25 heavy (non-hydrogen) atoms. The van der Waals surface area contributed by atoms with Crippen molar-refractivity contribution in [1.29, 1.82) is 0 Å². The fourth-order valence-corrected chi connectivity index (χ4v) is 2.72. The minimum Gasteiger partial charge on any atom is -0.452 e. The van der Waals surface area contributed by atoms with Gasteiger partial charge in [-0.2, -0.15) is 0 Å². The van der Waals surface area contributed by atoms with Crippen molar-refractivity contribution in [3.63, 3.8) is 0 Å². The maximum atomic E-state index is 12.1. The molecule has 5 heteroatoms. The SMILES string of the molecule is Cc1ccc(NC(=O)COC(=O)c2ccc3ccccc3c2)c(Cl)c1. The maximum absolute atomic E-state index is 12.1. The number of amides is 1. The van der Waals surface area contributed by atoms with E-state index in [-0.39, 0.29) is 6.61 Å². The number of fused-ring (bicyclic) bond motifs is 1. The van der Waals surface area contributed by atoms with E-state index in [0.29, 0.717) is 16.3 Å². The van der Waals surface area contributed by atoms with Crippen molar-refractivity contribution >= 4 is 39.9 Å². The van der Waals surface area contributed by atoms with Gasteiger partial charge in [0.05, 0.1) is 16.3 Å². The molecule has 3 aromatic rings. The molecule has 0 aliphatic carbocycles. The Morgan fingerprint density at radius 1 is 1.00 bits per heavy atom. The van der Waals surface area contributed by atoms with Crippen molar-refractivity contribution < 1.29 is 14.3 Å². The lowest BCUT2D eigenvalue weighted by Gasteiger charge is -2.09. The van der Waals surface area contributed by atoms with Crippen molar-refractivity contribution in [1.82, 2.24) is 0 Å². The van der Waals surface area contributed by atoms with Gasteiger partial charge < -0.3 is 10.1 Å². The van der Waals surface area contributed by atoms with E-state index in [9.17, 15) is 9.59 Å². The number of anilines is 1. The molecule has 0 spiro atoms. The van der Waals surface area contributed by atoms with E-state index in [1.165, 1.54) is 0 Å². The molecule has 0 bridgehead atoms. The summed E-state index contributed by atoms with van der Waals surface area (Å²) in [5.74, 6) is -0.990. The summed E-state index contributed by atoms with van der Waals surface area (Å²) in [5.41, 5.74) is 1.88. The smallest absolute Gasteiger partial charge is 0.338 e. The second kappa shape index (κ2) is 7.36. The van der Waals surface area contributed by atoms with Crippen LogP contribution in [0.3, 0.4) is 0 Å². The number of benzene rings is 3. The van der Waals surface area contributed by atoms with E-state index in [2.05, 4.69) is 5.32 Å². The minimum atomic E-state index is -0.545. The standard InChI is InChI=1S/C20H16ClNO3/c1-13-6-9-18(17(21)10-13)22-19(23)12-25-20(24)16-8-7-14-4-2-3-5-15(14)11-16/h2-11H,12H2,1H3,(H,22,23). The molecule has 3 rings (SSSR count). The molecular formula is C20H16ClNO3. The Hall–Kier alpha value is -2.85. The van der Waals surface area contributed by atoms with Crippen LogP contribution in [0.25, 0.3) is 10.8 Å². The molecule has 0 saturated carbocycles. The molecule has 0 heterocycles. The van der Waals surface area contributed by atoms with Crippen LogP contribution in [0, 0.1) is 6.92 Å². The second-order valence-corrected chi connectivity index (χ2v) is 6.08. The third kappa shape index (κ3) is 4.17. The summed E-state index contributed by atoms with van der Waals surface area (Å²) in [6.07, 6.45) is 0. The Balaban J connectivity index is 1.61. The minimum absolute atomic E-state index is 0.379. The monoisotopic (exact) mass is 353 g/mol. The number of ether oxygens (including phenoxy) is 1. The normalized spacial score (nSPS) is 10.5. The zero-order valence-electron chi connectivity index (χ0n) is 13.6. The number of rotatable bonds is 4. The zero-order chi connectivity index (χ0) is 17.8. The van der Waals surface area contributed by atoms with Crippen molar-refractivity contribution in [3.8, 4) is 0 Å². The van der Waals surface area contributed by atoms with Gasteiger partial charge in [-0.1, -0.05) is 48.0 Å². The summed E-state index contributed by atoms with van der Waals surface area (Å²) < 4.78 is 5.08. The number of aryl methyl sites for hydroxylation is 1. The average molecular weight is 354 g/mol. The van der Waals surface area contributed by atoms with Crippen LogP contribution in [-0.4, -0.2) is 18.5 Å². The van der Waals surface area contributed by atoms with E-state index >= 15 is 0 Å². The van der Waals surface area contributed by atoms with E-state index in [0.717, 1.165) is 16.3 Å². The van der Waals surface area contributed by atoms with Gasteiger partial charge in [-0.05, 0) is 47.5 Å². The molecule has 0 aliphatic heterocycles. The summed E-state index contributed by atoms with van der Waals surface area (Å²) >= 11 is 6.07. The van der Waals surface area contributed by atoms with Gasteiger partial charge in [-0.3, -0.25) is 4.79 Å². The molecular weight excluding hydrogens is 338 g/mol. The van der Waals surface area contributed by atoms with Crippen LogP contribution in [-0.2, 0) is 9.53 Å². The lowest BCUT2D eigenvalue weighted by Crippen LogP contribution is -2.21. The van der Waals surface area contributed by atoms with Crippen LogP contribution in [0.5, 0.6) is 0 Å². The van der Waals surface area contributed by atoms with Gasteiger partial charge >= 0.3 is 5.97 Å². The predicted octanol–water partition coefficient (Wildman–Crippen LogP) is 4.60. The van der Waals surface area contributed by atoms with Crippen molar-refractivity contribution in [2.45, 2.75) is 6.92 Å². The number of halogens is 1. The van der Waals surface area contributed by atoms with Crippen LogP contribution >= 0.6 is 11.6 Å². The fourth-order valence-electron chi connectivity index (χ4n) is 2.44. The van der Waals surface area contributed by atoms with Crippen molar-refractivity contribution in [3.05, 3.63) is 76.8 Å². The summed E-state index contributed by atoms with van der Waals surface area (Å²) in [6.45, 7) is 1.53. The fraction of sp³-hybridized carbons (Fsp3) is 0.100. The summed E-state index contributed by atoms with van der Waals surface area (Å²) in [4.78, 5) is 24.1. The molecule has 0 aromatic heterocycles. The van der Waals surface area contributed by atoms with E-state index in [1.54, 1.807) is 24.3 Å². The third-order valence-electron chi connectivity index (χ3n) is 3.72. The summed E-state index contributed by atoms with van der Waals surface area (Å²) in [7, 11) is 0. The molecule has 3 aromatic carbocycles. The molecule has 0 atom stereocenters. The average Bonchev–Trinajstić information content (AvgIpc) is 2.61. The van der Waals surface area contributed by atoms with Crippen LogP contribution in [0.2, 0.25) is 5.02 Å². The first-order valence-corrected chi connectivity index (χ1v) is 8.12. The lowest BCUT2D eigenvalue weighted by molar-refractivity contribution is -0.119. The quantitative estimate of drug-likeness (QED) is 0.697. The molecule has 1 N–H and O–H groups in total. The molecule has 0 aliphatic rings. The molecule has 0 radical (unpaired) electrons. The van der Waals surface area contributed by atoms with Crippen LogP contribution in [0.1, 0.15) is 15.9 Å². The molecule has 1 amide bonds. The number of esters is 1. The van der Waals surface area contributed by atoms with E-state index in [4.69, 9.17) is 16.3 Å². The van der Waals surface area contributed by atoms with Crippen LogP contribution in [0.4, 0.5) is 5.69 Å². The topological polar surface area (TPSA) is 55.4 Å². The highest BCUT2D eigenvalue weighted by atomic mass is 35.5.